The maximum absolute atomic E-state index is 12.8. The van der Waals surface area contributed by atoms with E-state index >= 15 is 0 Å². The molecule has 1 aliphatic heterocycles. The van der Waals surface area contributed by atoms with E-state index in [9.17, 15) is 4.79 Å². The van der Waals surface area contributed by atoms with Crippen molar-refractivity contribution in [3.63, 3.8) is 0 Å². The van der Waals surface area contributed by atoms with E-state index in [2.05, 4.69) is 31.1 Å². The Morgan fingerprint density at radius 2 is 2.04 bits per heavy atom. The van der Waals surface area contributed by atoms with E-state index in [1.165, 1.54) is 5.39 Å². The average Bonchev–Trinajstić information content (AvgIpc) is 2.84. The number of hydrogen-bond donors (Lipinski definition) is 0. The van der Waals surface area contributed by atoms with Crippen LogP contribution in [0.4, 0.5) is 0 Å². The molecule has 3 rings (SSSR count). The summed E-state index contributed by atoms with van der Waals surface area (Å²) in [6.45, 7) is 1.83. The van der Waals surface area contributed by atoms with E-state index < -0.39 is 0 Å². The maximum atomic E-state index is 12.8. The van der Waals surface area contributed by atoms with Crippen molar-refractivity contribution in [2.75, 3.05) is 45.3 Å². The summed E-state index contributed by atoms with van der Waals surface area (Å²) in [5.41, 5.74) is 0. The van der Waals surface area contributed by atoms with E-state index in [-0.39, 0.29) is 18.6 Å². The van der Waals surface area contributed by atoms with E-state index in [4.69, 9.17) is 4.74 Å². The fourth-order valence-corrected chi connectivity index (χ4v) is 4.27. The highest BCUT2D eigenvalue weighted by Crippen LogP contribution is 2.21. The minimum atomic E-state index is 0.0857. The first kappa shape index (κ1) is 18.1. The van der Waals surface area contributed by atoms with Crippen LogP contribution in [-0.4, -0.2) is 67.0 Å². The number of carbonyl (C=O) groups is 1. The molecular formula is C20H26N2O2S. The van der Waals surface area contributed by atoms with Crippen LogP contribution in [0.25, 0.3) is 10.8 Å². The van der Waals surface area contributed by atoms with Crippen LogP contribution < -0.4 is 4.74 Å². The summed E-state index contributed by atoms with van der Waals surface area (Å²) in [6, 6.07) is 14.4. The van der Waals surface area contributed by atoms with Crippen LogP contribution in [0, 0.1) is 0 Å². The lowest BCUT2D eigenvalue weighted by molar-refractivity contribution is -0.135. The first-order valence-electron chi connectivity index (χ1n) is 8.77. The van der Waals surface area contributed by atoms with Crippen LogP contribution in [0.1, 0.15) is 6.42 Å². The highest BCUT2D eigenvalue weighted by molar-refractivity contribution is 7.99. The molecule has 1 saturated heterocycles. The molecule has 2 aromatic carbocycles. The van der Waals surface area contributed by atoms with Crippen LogP contribution in [0.3, 0.4) is 0 Å². The number of ether oxygens (including phenoxy) is 1. The monoisotopic (exact) mass is 358 g/mol. The summed E-state index contributed by atoms with van der Waals surface area (Å²) in [5, 5.41) is 2.31. The molecule has 2 aromatic rings. The first-order chi connectivity index (χ1) is 12.1. The van der Waals surface area contributed by atoms with Gasteiger partial charge in [0.15, 0.2) is 6.61 Å². The number of nitrogens with zero attached hydrogens (tertiary/aromatic N) is 2. The van der Waals surface area contributed by atoms with E-state index in [1.807, 2.05) is 47.0 Å². The van der Waals surface area contributed by atoms with Crippen molar-refractivity contribution in [1.29, 1.82) is 0 Å². The van der Waals surface area contributed by atoms with E-state index in [1.54, 1.807) is 0 Å². The summed E-state index contributed by atoms with van der Waals surface area (Å²) in [7, 11) is 4.12. The minimum Gasteiger partial charge on any atom is -0.484 e. The molecule has 0 radical (unpaired) electrons. The molecule has 5 heteroatoms. The third kappa shape index (κ3) is 4.89. The number of hydrogen-bond acceptors (Lipinski definition) is 4. The van der Waals surface area contributed by atoms with Crippen molar-refractivity contribution in [3.8, 4) is 5.75 Å². The van der Waals surface area contributed by atoms with Gasteiger partial charge < -0.3 is 14.5 Å². The third-order valence-corrected chi connectivity index (χ3v) is 5.62. The van der Waals surface area contributed by atoms with Gasteiger partial charge in [0.05, 0.1) is 6.04 Å². The zero-order valence-corrected chi connectivity index (χ0v) is 15.8. The smallest absolute Gasteiger partial charge is 0.260 e. The number of likely N-dealkylation sites (N-methyl/N-ethyl adjacent to an activating group) is 1. The second kappa shape index (κ2) is 8.59. The molecule has 0 saturated carbocycles. The van der Waals surface area contributed by atoms with Gasteiger partial charge in [0.2, 0.25) is 0 Å². The molecule has 1 amide bonds. The Morgan fingerprint density at radius 3 is 2.84 bits per heavy atom. The van der Waals surface area contributed by atoms with Crippen LogP contribution in [0.15, 0.2) is 42.5 Å². The fourth-order valence-electron chi connectivity index (χ4n) is 3.22. The van der Waals surface area contributed by atoms with Gasteiger partial charge in [0.25, 0.3) is 5.91 Å². The molecule has 1 heterocycles. The predicted molar refractivity (Wildman–Crippen MR) is 105 cm³/mol. The summed E-state index contributed by atoms with van der Waals surface area (Å²) in [5.74, 6) is 2.96. The molecule has 0 spiro atoms. The van der Waals surface area contributed by atoms with Gasteiger partial charge in [0.1, 0.15) is 5.75 Å². The van der Waals surface area contributed by atoms with Gasteiger partial charge in [0, 0.05) is 18.8 Å². The van der Waals surface area contributed by atoms with Crippen molar-refractivity contribution in [2.45, 2.75) is 12.5 Å². The average molecular weight is 359 g/mol. The lowest BCUT2D eigenvalue weighted by Gasteiger charge is -2.31. The number of benzene rings is 2. The second-order valence-electron chi connectivity index (χ2n) is 6.73. The van der Waals surface area contributed by atoms with Gasteiger partial charge in [-0.3, -0.25) is 4.79 Å². The Morgan fingerprint density at radius 1 is 1.24 bits per heavy atom. The lowest BCUT2D eigenvalue weighted by atomic mass is 10.1. The zero-order chi connectivity index (χ0) is 17.6. The van der Waals surface area contributed by atoms with Gasteiger partial charge >= 0.3 is 0 Å². The fraction of sp³-hybridized carbons (Fsp3) is 0.450. The summed E-state index contributed by atoms with van der Waals surface area (Å²) in [6.07, 6.45) is 1.05. The molecule has 1 aliphatic rings. The Labute approximate surface area is 154 Å². The van der Waals surface area contributed by atoms with Crippen LogP contribution in [-0.2, 0) is 4.79 Å². The number of rotatable bonds is 5. The number of fused-ring (bicyclic) bond motifs is 1. The Balaban J connectivity index is 1.64. The molecule has 134 valence electrons. The Hall–Kier alpha value is -1.72. The molecule has 0 unspecified atom stereocenters. The van der Waals surface area contributed by atoms with Crippen LogP contribution >= 0.6 is 11.8 Å². The van der Waals surface area contributed by atoms with Crippen LogP contribution in [0.2, 0.25) is 0 Å². The molecular weight excluding hydrogens is 332 g/mol. The van der Waals surface area contributed by atoms with Crippen LogP contribution in [0.5, 0.6) is 5.75 Å². The number of amides is 1. The summed E-state index contributed by atoms with van der Waals surface area (Å²) in [4.78, 5) is 16.9. The van der Waals surface area contributed by atoms with E-state index in [0.717, 1.165) is 42.2 Å². The quantitative estimate of drug-likeness (QED) is 0.822. The molecule has 0 aliphatic carbocycles. The SMILES string of the molecule is CN(C)C[C@@H]1CSCCCN1C(=O)COc1ccc2ccccc2c1. The molecule has 0 bridgehead atoms. The number of thioether (sulfide) groups is 1. The van der Waals surface area contributed by atoms with Crippen molar-refractivity contribution in [3.05, 3.63) is 42.5 Å². The Bertz CT molecular complexity index is 720. The van der Waals surface area contributed by atoms with Crippen molar-refractivity contribution >= 4 is 28.4 Å². The lowest BCUT2D eigenvalue weighted by Crippen LogP contribution is -2.48. The van der Waals surface area contributed by atoms with Gasteiger partial charge in [-0.05, 0) is 49.2 Å². The van der Waals surface area contributed by atoms with Crippen molar-refractivity contribution in [2.24, 2.45) is 0 Å². The number of carbonyl (C=O) groups excluding carboxylic acids is 1. The maximum Gasteiger partial charge on any atom is 0.260 e. The van der Waals surface area contributed by atoms with Gasteiger partial charge in [-0.25, -0.2) is 0 Å². The molecule has 0 N–H and O–H groups in total. The zero-order valence-electron chi connectivity index (χ0n) is 15.0. The van der Waals surface area contributed by atoms with E-state index in [0.29, 0.717) is 0 Å². The highest BCUT2D eigenvalue weighted by atomic mass is 32.2. The predicted octanol–water partition coefficient (Wildman–Crippen LogP) is 3.11. The molecule has 4 nitrogen and oxygen atoms in total. The van der Waals surface area contributed by atoms with Gasteiger partial charge in [-0.15, -0.1) is 0 Å². The molecule has 0 aromatic heterocycles. The second-order valence-corrected chi connectivity index (χ2v) is 7.88. The first-order valence-corrected chi connectivity index (χ1v) is 9.92. The van der Waals surface area contributed by atoms with Crippen molar-refractivity contribution in [1.82, 2.24) is 9.80 Å². The third-order valence-electron chi connectivity index (χ3n) is 4.42. The molecule has 1 atom stereocenters. The highest BCUT2D eigenvalue weighted by Gasteiger charge is 2.26. The summed E-state index contributed by atoms with van der Waals surface area (Å²) < 4.78 is 5.81. The topological polar surface area (TPSA) is 32.8 Å². The molecule has 1 fully saturated rings. The molecule has 25 heavy (non-hydrogen) atoms. The van der Waals surface area contributed by atoms with Gasteiger partial charge in [-0.1, -0.05) is 30.3 Å². The standard InChI is InChI=1S/C20H26N2O2S/c1-21(2)13-18-15-25-11-5-10-22(18)20(23)14-24-19-9-8-16-6-3-4-7-17(16)12-19/h3-4,6-9,12,18H,5,10-11,13-15H2,1-2H3/t18-/m1/s1. The largest absolute Gasteiger partial charge is 0.484 e. The minimum absolute atomic E-state index is 0.0857. The van der Waals surface area contributed by atoms with Gasteiger partial charge in [-0.2, -0.15) is 11.8 Å². The summed E-state index contributed by atoms with van der Waals surface area (Å²) >= 11 is 1.94. The Kier molecular flexibility index (Phi) is 6.21. The van der Waals surface area contributed by atoms with Crippen molar-refractivity contribution < 1.29 is 9.53 Å². The normalized spacial score (nSPS) is 18.4.